The van der Waals surface area contributed by atoms with Crippen molar-refractivity contribution in [2.75, 3.05) is 11.5 Å². The van der Waals surface area contributed by atoms with Crippen LogP contribution < -0.4 is 9.64 Å². The number of carbonyl (C=O) groups excluding carboxylic acids is 2. The average molecular weight is 543 g/mol. The molecule has 4 heterocycles. The molecule has 2 amide bonds. The number of para-hydroxylation sites is 1. The third-order valence-corrected chi connectivity index (χ3v) is 9.42. The number of furan rings is 1. The topological polar surface area (TPSA) is 92.8 Å². The van der Waals surface area contributed by atoms with Crippen LogP contribution in [0, 0.1) is 23.2 Å². The normalized spacial score (nSPS) is 26.8. The second kappa shape index (κ2) is 8.42. The Balaban J connectivity index is 1.09. The predicted octanol–water partition coefficient (Wildman–Crippen LogP) is 6.51. The fourth-order valence-corrected chi connectivity index (χ4v) is 7.56. The summed E-state index contributed by atoms with van der Waals surface area (Å²) in [6, 6.07) is 26.7. The van der Waals surface area contributed by atoms with Gasteiger partial charge in [-0.05, 0) is 56.2 Å². The van der Waals surface area contributed by atoms with Crippen LogP contribution in [0.1, 0.15) is 31.7 Å². The molecule has 3 fully saturated rings. The van der Waals surface area contributed by atoms with Gasteiger partial charge in [-0.1, -0.05) is 42.5 Å². The van der Waals surface area contributed by atoms with Gasteiger partial charge in [-0.3, -0.25) is 9.59 Å². The SMILES string of the molecule is C[C@@]12CC[C@@](CCOc3ccc4oc5ccccc5c4c3)(O1)[C@H]1C(=O)N(c3ccc(C#N)c4ccccc34)C(=O)[C@H]12. The highest BCUT2D eigenvalue weighted by atomic mass is 16.5. The molecule has 0 radical (unpaired) electrons. The minimum Gasteiger partial charge on any atom is -0.493 e. The molecule has 7 nitrogen and oxygen atoms in total. The number of carbonyl (C=O) groups is 2. The molecule has 0 N–H and O–H groups in total. The molecule has 3 aliphatic heterocycles. The van der Waals surface area contributed by atoms with Crippen LogP contribution in [-0.4, -0.2) is 29.6 Å². The van der Waals surface area contributed by atoms with E-state index in [-0.39, 0.29) is 11.8 Å². The molecule has 0 spiro atoms. The van der Waals surface area contributed by atoms with Crippen molar-refractivity contribution in [3.8, 4) is 11.8 Å². The number of anilines is 1. The Labute approximate surface area is 235 Å². The fraction of sp³-hybridized carbons (Fsp3) is 0.265. The van der Waals surface area contributed by atoms with Gasteiger partial charge in [-0.15, -0.1) is 0 Å². The predicted molar refractivity (Wildman–Crippen MR) is 153 cm³/mol. The van der Waals surface area contributed by atoms with E-state index in [0.717, 1.165) is 33.1 Å². The summed E-state index contributed by atoms with van der Waals surface area (Å²) >= 11 is 0. The largest absolute Gasteiger partial charge is 0.493 e. The lowest BCUT2D eigenvalue weighted by Crippen LogP contribution is -2.43. The van der Waals surface area contributed by atoms with Crippen LogP contribution in [-0.2, 0) is 14.3 Å². The van der Waals surface area contributed by atoms with Crippen molar-refractivity contribution in [2.24, 2.45) is 11.8 Å². The highest BCUT2D eigenvalue weighted by Crippen LogP contribution is 2.62. The molecule has 8 rings (SSSR count). The maximum absolute atomic E-state index is 14.1. The average Bonchev–Trinajstić information content (AvgIpc) is 3.68. The minimum absolute atomic E-state index is 0.225. The van der Waals surface area contributed by atoms with Crippen molar-refractivity contribution < 1.29 is 23.5 Å². The van der Waals surface area contributed by atoms with E-state index in [4.69, 9.17) is 13.9 Å². The minimum atomic E-state index is -0.768. The second-order valence-corrected chi connectivity index (χ2v) is 11.6. The number of hydrogen-bond donors (Lipinski definition) is 0. The van der Waals surface area contributed by atoms with Crippen LogP contribution in [0.3, 0.4) is 0 Å². The summed E-state index contributed by atoms with van der Waals surface area (Å²) in [6.07, 6.45) is 1.90. The van der Waals surface area contributed by atoms with E-state index in [1.807, 2.05) is 73.7 Å². The summed E-state index contributed by atoms with van der Waals surface area (Å²) in [6.45, 7) is 2.31. The summed E-state index contributed by atoms with van der Waals surface area (Å²) in [5.41, 5.74) is 1.20. The van der Waals surface area contributed by atoms with Gasteiger partial charge in [-0.2, -0.15) is 5.26 Å². The highest BCUT2D eigenvalue weighted by Gasteiger charge is 2.73. The molecule has 4 atom stereocenters. The Morgan fingerprint density at radius 2 is 1.61 bits per heavy atom. The number of nitrogens with zero attached hydrogens (tertiary/aromatic N) is 2. The highest BCUT2D eigenvalue weighted by molar-refractivity contribution is 6.26. The Bertz CT molecular complexity index is 1970. The van der Waals surface area contributed by atoms with Gasteiger partial charge in [0.25, 0.3) is 0 Å². The van der Waals surface area contributed by atoms with Gasteiger partial charge in [0.2, 0.25) is 11.8 Å². The van der Waals surface area contributed by atoms with E-state index in [2.05, 4.69) is 6.07 Å². The molecular weight excluding hydrogens is 516 g/mol. The quantitative estimate of drug-likeness (QED) is 0.235. The lowest BCUT2D eigenvalue weighted by molar-refractivity contribution is -0.131. The van der Waals surface area contributed by atoms with Crippen LogP contribution in [0.25, 0.3) is 32.7 Å². The Hall–Kier alpha value is -4.67. The smallest absolute Gasteiger partial charge is 0.240 e. The molecule has 3 saturated heterocycles. The van der Waals surface area contributed by atoms with E-state index in [9.17, 15) is 14.9 Å². The van der Waals surface area contributed by atoms with Crippen molar-refractivity contribution in [2.45, 2.75) is 37.4 Å². The first kappa shape index (κ1) is 24.2. The summed E-state index contributed by atoms with van der Waals surface area (Å²) in [5, 5.41) is 13.1. The van der Waals surface area contributed by atoms with Crippen LogP contribution in [0.5, 0.6) is 5.75 Å². The summed E-state index contributed by atoms with van der Waals surface area (Å²) in [7, 11) is 0. The van der Waals surface area contributed by atoms with Gasteiger partial charge in [0.05, 0.1) is 47.0 Å². The number of fused-ring (bicyclic) bond motifs is 9. The monoisotopic (exact) mass is 542 g/mol. The number of hydrogen-bond acceptors (Lipinski definition) is 6. The Morgan fingerprint density at radius 1 is 0.878 bits per heavy atom. The lowest BCUT2D eigenvalue weighted by atomic mass is 9.67. The Kier molecular flexibility index (Phi) is 4.96. The molecule has 0 saturated carbocycles. The first-order valence-electron chi connectivity index (χ1n) is 14.0. The molecular formula is C34H26N2O5. The number of benzene rings is 4. The van der Waals surface area contributed by atoms with Gasteiger partial charge in [0, 0.05) is 28.0 Å². The molecule has 7 heteroatoms. The molecule has 1 aromatic heterocycles. The molecule has 41 heavy (non-hydrogen) atoms. The van der Waals surface area contributed by atoms with Crippen molar-refractivity contribution in [3.05, 3.63) is 84.4 Å². The first-order valence-corrected chi connectivity index (χ1v) is 14.0. The van der Waals surface area contributed by atoms with Crippen molar-refractivity contribution in [1.82, 2.24) is 0 Å². The zero-order chi connectivity index (χ0) is 27.9. The maximum Gasteiger partial charge on any atom is 0.240 e. The fourth-order valence-electron chi connectivity index (χ4n) is 7.56. The molecule has 202 valence electrons. The third-order valence-electron chi connectivity index (χ3n) is 9.42. The standard InChI is InChI=1S/C34H26N2O5/c1-33-14-15-34(41-33,16-17-39-21-11-13-28-25(18-21)24-8-4-5-9-27(24)40-28)30-29(33)31(37)36(32(30)38)26-12-10-20(19-35)22-6-2-3-7-23(22)26/h2-13,18,29-30H,14-17H2,1H3/t29-,30+,33-,34-/m0/s1. The van der Waals surface area contributed by atoms with Gasteiger partial charge in [0.15, 0.2) is 0 Å². The number of amides is 2. The number of ether oxygens (including phenoxy) is 2. The number of nitriles is 1. The zero-order valence-corrected chi connectivity index (χ0v) is 22.4. The van der Waals surface area contributed by atoms with Crippen molar-refractivity contribution >= 4 is 50.2 Å². The van der Waals surface area contributed by atoms with E-state index < -0.39 is 23.0 Å². The molecule has 0 aliphatic carbocycles. The summed E-state index contributed by atoms with van der Waals surface area (Å²) in [4.78, 5) is 29.4. The van der Waals surface area contributed by atoms with Gasteiger partial charge < -0.3 is 13.9 Å². The second-order valence-electron chi connectivity index (χ2n) is 11.6. The van der Waals surface area contributed by atoms with Crippen LogP contribution >= 0.6 is 0 Å². The zero-order valence-electron chi connectivity index (χ0n) is 22.4. The maximum atomic E-state index is 14.1. The van der Waals surface area contributed by atoms with Crippen molar-refractivity contribution in [3.63, 3.8) is 0 Å². The molecule has 2 bridgehead atoms. The molecule has 5 aromatic rings. The first-order chi connectivity index (χ1) is 19.9. The number of rotatable bonds is 5. The molecule has 4 aromatic carbocycles. The molecule has 0 unspecified atom stereocenters. The van der Waals surface area contributed by atoms with Gasteiger partial charge in [0.1, 0.15) is 16.9 Å². The van der Waals surface area contributed by atoms with E-state index >= 15 is 0 Å². The summed E-state index contributed by atoms with van der Waals surface area (Å²) < 4.78 is 18.8. The van der Waals surface area contributed by atoms with Gasteiger partial charge in [-0.25, -0.2) is 4.90 Å². The number of imide groups is 1. The van der Waals surface area contributed by atoms with E-state index in [1.165, 1.54) is 4.90 Å². The van der Waals surface area contributed by atoms with E-state index in [1.54, 1.807) is 12.1 Å². The summed E-state index contributed by atoms with van der Waals surface area (Å²) in [5.74, 6) is -0.865. The third kappa shape index (κ3) is 3.28. The van der Waals surface area contributed by atoms with Crippen LogP contribution in [0.4, 0.5) is 5.69 Å². The lowest BCUT2D eigenvalue weighted by Gasteiger charge is -2.31. The Morgan fingerprint density at radius 3 is 2.44 bits per heavy atom. The van der Waals surface area contributed by atoms with Crippen LogP contribution in [0.2, 0.25) is 0 Å². The van der Waals surface area contributed by atoms with E-state index in [0.29, 0.717) is 42.5 Å². The molecule has 3 aliphatic rings. The van der Waals surface area contributed by atoms with Crippen molar-refractivity contribution in [1.29, 1.82) is 5.26 Å². The van der Waals surface area contributed by atoms with Crippen LogP contribution in [0.15, 0.2) is 83.3 Å². The van der Waals surface area contributed by atoms with Gasteiger partial charge >= 0.3 is 0 Å².